The summed E-state index contributed by atoms with van der Waals surface area (Å²) in [5.41, 5.74) is -0.304. The van der Waals surface area contributed by atoms with Crippen LogP contribution in [-0.2, 0) is 5.60 Å². The molecular formula is C16H26N2O3. The first-order valence-corrected chi connectivity index (χ1v) is 7.19. The van der Waals surface area contributed by atoms with Crippen LogP contribution in [0.5, 0.6) is 5.88 Å². The molecule has 0 aliphatic rings. The molecule has 0 unspecified atom stereocenters. The van der Waals surface area contributed by atoms with Gasteiger partial charge in [-0.1, -0.05) is 0 Å². The number of hydrogen-bond donors (Lipinski definition) is 1. The summed E-state index contributed by atoms with van der Waals surface area (Å²) in [6.45, 7) is 11.1. The monoisotopic (exact) mass is 294 g/mol. The van der Waals surface area contributed by atoms with Crippen molar-refractivity contribution < 1.29 is 14.6 Å². The van der Waals surface area contributed by atoms with Gasteiger partial charge >= 0.3 is 0 Å². The number of pyridine rings is 1. The Morgan fingerprint density at radius 1 is 1.29 bits per heavy atom. The summed E-state index contributed by atoms with van der Waals surface area (Å²) < 4.78 is 5.24. The minimum atomic E-state index is -1.15. The van der Waals surface area contributed by atoms with Gasteiger partial charge in [0.15, 0.2) is 0 Å². The van der Waals surface area contributed by atoms with Crippen LogP contribution in [0.1, 0.15) is 57.5 Å². The number of aliphatic hydroxyl groups is 1. The number of carbonyl (C=O) groups excluding carboxylic acids is 1. The lowest BCUT2D eigenvalue weighted by Crippen LogP contribution is -2.43. The molecule has 118 valence electrons. The molecule has 1 rings (SSSR count). The van der Waals surface area contributed by atoms with Crippen molar-refractivity contribution in [3.8, 4) is 5.88 Å². The number of rotatable bonds is 5. The highest BCUT2D eigenvalue weighted by atomic mass is 16.5. The van der Waals surface area contributed by atoms with Crippen molar-refractivity contribution in [2.45, 2.75) is 59.2 Å². The maximum absolute atomic E-state index is 13.0. The minimum Gasteiger partial charge on any atom is -0.480 e. The first-order chi connectivity index (χ1) is 9.61. The fraction of sp³-hybridized carbons (Fsp3) is 0.625. The van der Waals surface area contributed by atoms with Gasteiger partial charge in [-0.05, 0) is 47.6 Å². The van der Waals surface area contributed by atoms with E-state index in [0.29, 0.717) is 11.1 Å². The zero-order valence-corrected chi connectivity index (χ0v) is 14.0. The lowest BCUT2D eigenvalue weighted by atomic mass is 9.93. The summed E-state index contributed by atoms with van der Waals surface area (Å²) >= 11 is 0. The maximum Gasteiger partial charge on any atom is 0.260 e. The average molecular weight is 294 g/mol. The van der Waals surface area contributed by atoms with E-state index in [1.165, 1.54) is 13.3 Å². The minimum absolute atomic E-state index is 0.0390. The number of ether oxygens (including phenoxy) is 1. The van der Waals surface area contributed by atoms with Crippen molar-refractivity contribution in [2.24, 2.45) is 0 Å². The van der Waals surface area contributed by atoms with Gasteiger partial charge in [0.1, 0.15) is 5.56 Å². The number of amides is 1. The number of methoxy groups -OCH3 is 1. The molecule has 5 nitrogen and oxygen atoms in total. The van der Waals surface area contributed by atoms with Crippen molar-refractivity contribution in [3.05, 3.63) is 23.4 Å². The lowest BCUT2D eigenvalue weighted by molar-refractivity contribution is 0.0584. The molecule has 1 amide bonds. The Morgan fingerprint density at radius 2 is 1.81 bits per heavy atom. The summed E-state index contributed by atoms with van der Waals surface area (Å²) in [7, 11) is 1.47. The normalized spacial score (nSPS) is 11.9. The zero-order chi connectivity index (χ0) is 16.4. The van der Waals surface area contributed by atoms with Crippen LogP contribution >= 0.6 is 0 Å². The molecule has 0 aliphatic carbocycles. The van der Waals surface area contributed by atoms with Gasteiger partial charge in [-0.3, -0.25) is 4.79 Å². The van der Waals surface area contributed by atoms with Crippen molar-refractivity contribution in [3.63, 3.8) is 0 Å². The highest BCUT2D eigenvalue weighted by molar-refractivity contribution is 5.98. The predicted octanol–water partition coefficient (Wildman–Crippen LogP) is 2.58. The number of aromatic nitrogens is 1. The molecular weight excluding hydrogens is 268 g/mol. The van der Waals surface area contributed by atoms with Crippen molar-refractivity contribution in [2.75, 3.05) is 7.11 Å². The van der Waals surface area contributed by atoms with Gasteiger partial charge in [0.25, 0.3) is 5.91 Å². The molecule has 0 bridgehead atoms. The van der Waals surface area contributed by atoms with Crippen LogP contribution in [0.4, 0.5) is 0 Å². The Morgan fingerprint density at radius 3 is 2.19 bits per heavy atom. The van der Waals surface area contributed by atoms with Crippen molar-refractivity contribution in [1.29, 1.82) is 0 Å². The summed E-state index contributed by atoms with van der Waals surface area (Å²) in [6, 6.07) is 1.74. The Bertz CT molecular complexity index is 497. The topological polar surface area (TPSA) is 62.7 Å². The molecule has 0 aliphatic heterocycles. The largest absolute Gasteiger partial charge is 0.480 e. The molecule has 0 aromatic carbocycles. The summed E-state index contributed by atoms with van der Waals surface area (Å²) in [5.74, 6) is 0.0630. The van der Waals surface area contributed by atoms with Crippen LogP contribution < -0.4 is 4.74 Å². The van der Waals surface area contributed by atoms with Crippen LogP contribution in [0.25, 0.3) is 0 Å². The molecule has 0 fully saturated rings. The van der Waals surface area contributed by atoms with E-state index in [1.54, 1.807) is 24.8 Å². The van der Waals surface area contributed by atoms with Gasteiger partial charge in [0.05, 0.1) is 12.7 Å². The molecule has 1 aromatic heterocycles. The van der Waals surface area contributed by atoms with E-state index in [-0.39, 0.29) is 23.9 Å². The van der Waals surface area contributed by atoms with Gasteiger partial charge in [-0.2, -0.15) is 0 Å². The molecule has 5 heteroatoms. The molecule has 0 saturated heterocycles. The average Bonchev–Trinajstić information content (AvgIpc) is 2.35. The SMILES string of the molecule is COc1nccc(C(C)(C)O)c1C(=O)N(C(C)C)C(C)C. The van der Waals surface area contributed by atoms with Crippen LogP contribution in [-0.4, -0.2) is 40.1 Å². The standard InChI is InChI=1S/C16H26N2O3/c1-10(2)18(11(3)4)15(19)13-12(16(5,6)20)8-9-17-14(13)21-7/h8-11,20H,1-7H3. The Hall–Kier alpha value is -1.62. The van der Waals surface area contributed by atoms with Gasteiger partial charge in [-0.15, -0.1) is 0 Å². The van der Waals surface area contributed by atoms with Crippen LogP contribution in [0.3, 0.4) is 0 Å². The molecule has 0 atom stereocenters. The zero-order valence-electron chi connectivity index (χ0n) is 14.0. The third kappa shape index (κ3) is 3.73. The second kappa shape index (κ2) is 6.43. The van der Waals surface area contributed by atoms with Crippen LogP contribution in [0.15, 0.2) is 12.3 Å². The van der Waals surface area contributed by atoms with E-state index in [2.05, 4.69) is 4.98 Å². The molecule has 1 N–H and O–H groups in total. The Balaban J connectivity index is 3.49. The van der Waals surface area contributed by atoms with E-state index in [9.17, 15) is 9.90 Å². The van der Waals surface area contributed by atoms with E-state index < -0.39 is 5.60 Å². The molecule has 1 aromatic rings. The molecule has 0 radical (unpaired) electrons. The molecule has 0 spiro atoms. The highest BCUT2D eigenvalue weighted by Gasteiger charge is 2.32. The fourth-order valence-electron chi connectivity index (χ4n) is 2.51. The second-order valence-electron chi connectivity index (χ2n) is 6.20. The second-order valence-corrected chi connectivity index (χ2v) is 6.20. The van der Waals surface area contributed by atoms with Gasteiger partial charge < -0.3 is 14.7 Å². The number of carbonyl (C=O) groups is 1. The highest BCUT2D eigenvalue weighted by Crippen LogP contribution is 2.30. The van der Waals surface area contributed by atoms with E-state index >= 15 is 0 Å². The third-order valence-corrected chi connectivity index (χ3v) is 3.33. The van der Waals surface area contributed by atoms with Gasteiger partial charge in [-0.25, -0.2) is 4.98 Å². The summed E-state index contributed by atoms with van der Waals surface area (Å²) in [5, 5.41) is 10.3. The smallest absolute Gasteiger partial charge is 0.260 e. The van der Waals surface area contributed by atoms with Gasteiger partial charge in [0.2, 0.25) is 5.88 Å². The Labute approximate surface area is 126 Å². The summed E-state index contributed by atoms with van der Waals surface area (Å²) in [4.78, 5) is 18.8. The Kier molecular flexibility index (Phi) is 5.34. The maximum atomic E-state index is 13.0. The van der Waals surface area contributed by atoms with Gasteiger partial charge in [0, 0.05) is 23.8 Å². The predicted molar refractivity (Wildman–Crippen MR) is 82.5 cm³/mol. The van der Waals surface area contributed by atoms with Crippen molar-refractivity contribution >= 4 is 5.91 Å². The number of hydrogen-bond acceptors (Lipinski definition) is 4. The van der Waals surface area contributed by atoms with Crippen LogP contribution in [0, 0.1) is 0 Å². The van der Waals surface area contributed by atoms with Crippen LogP contribution in [0.2, 0.25) is 0 Å². The quantitative estimate of drug-likeness (QED) is 0.906. The first kappa shape index (κ1) is 17.4. The van der Waals surface area contributed by atoms with E-state index in [1.807, 2.05) is 27.7 Å². The fourth-order valence-corrected chi connectivity index (χ4v) is 2.51. The summed E-state index contributed by atoms with van der Waals surface area (Å²) in [6.07, 6.45) is 1.54. The first-order valence-electron chi connectivity index (χ1n) is 7.19. The third-order valence-electron chi connectivity index (χ3n) is 3.33. The van der Waals surface area contributed by atoms with E-state index in [0.717, 1.165) is 0 Å². The van der Waals surface area contributed by atoms with Crippen molar-refractivity contribution in [1.82, 2.24) is 9.88 Å². The molecule has 0 saturated carbocycles. The van der Waals surface area contributed by atoms with E-state index in [4.69, 9.17) is 4.74 Å². The molecule has 1 heterocycles. The number of nitrogens with zero attached hydrogens (tertiary/aromatic N) is 2. The molecule has 21 heavy (non-hydrogen) atoms. The lowest BCUT2D eigenvalue weighted by Gasteiger charge is -2.33.